The topological polar surface area (TPSA) is 64.6 Å². The zero-order valence-electron chi connectivity index (χ0n) is 17.5. The second kappa shape index (κ2) is 13.1. The van der Waals surface area contributed by atoms with E-state index >= 15 is 0 Å². The van der Waals surface area contributed by atoms with E-state index in [0.717, 1.165) is 82.5 Å². The molecule has 3 rings (SSSR count). The number of piperidine rings is 1. The SMILES string of the molecule is CCNC(=NCCc1ccc2c(c1)OCO2)N1CCC(OCCCOC)CC1.I. The molecule has 2 heterocycles. The number of benzene rings is 1. The van der Waals surface area contributed by atoms with Crippen molar-refractivity contribution in [2.45, 2.75) is 38.7 Å². The van der Waals surface area contributed by atoms with Gasteiger partial charge in [-0.1, -0.05) is 6.07 Å². The Morgan fingerprint density at radius 1 is 1.21 bits per heavy atom. The number of hydrogen-bond donors (Lipinski definition) is 1. The Bertz CT molecular complexity index is 636. The molecule has 164 valence electrons. The van der Waals surface area contributed by atoms with Crippen molar-refractivity contribution >= 4 is 29.9 Å². The molecular formula is C21H34IN3O4. The van der Waals surface area contributed by atoms with Crippen molar-refractivity contribution in [2.24, 2.45) is 4.99 Å². The molecule has 1 aromatic carbocycles. The van der Waals surface area contributed by atoms with E-state index in [1.165, 1.54) is 5.56 Å². The molecule has 2 aliphatic heterocycles. The number of ether oxygens (including phenoxy) is 4. The fourth-order valence-electron chi connectivity index (χ4n) is 3.50. The highest BCUT2D eigenvalue weighted by atomic mass is 127. The van der Waals surface area contributed by atoms with Crippen molar-refractivity contribution < 1.29 is 18.9 Å². The Balaban J connectivity index is 0.00000300. The van der Waals surface area contributed by atoms with Crippen molar-refractivity contribution in [2.75, 3.05) is 53.3 Å². The van der Waals surface area contributed by atoms with Crippen LogP contribution in [-0.4, -0.2) is 70.3 Å². The largest absolute Gasteiger partial charge is 0.454 e. The number of nitrogens with zero attached hydrogens (tertiary/aromatic N) is 2. The van der Waals surface area contributed by atoms with Crippen LogP contribution in [0.4, 0.5) is 0 Å². The first-order valence-electron chi connectivity index (χ1n) is 10.3. The summed E-state index contributed by atoms with van der Waals surface area (Å²) >= 11 is 0. The van der Waals surface area contributed by atoms with E-state index in [4.69, 9.17) is 23.9 Å². The molecule has 0 unspecified atom stereocenters. The molecule has 0 bridgehead atoms. The van der Waals surface area contributed by atoms with Gasteiger partial charge in [-0.25, -0.2) is 0 Å². The predicted octanol–water partition coefficient (Wildman–Crippen LogP) is 3.06. The summed E-state index contributed by atoms with van der Waals surface area (Å²) in [6, 6.07) is 6.11. The van der Waals surface area contributed by atoms with Gasteiger partial charge in [-0.3, -0.25) is 4.99 Å². The number of nitrogens with one attached hydrogen (secondary N) is 1. The molecule has 0 radical (unpaired) electrons. The van der Waals surface area contributed by atoms with Crippen LogP contribution in [0.3, 0.4) is 0 Å². The Kier molecular flexibility index (Phi) is 10.9. The number of guanidine groups is 1. The van der Waals surface area contributed by atoms with Gasteiger partial charge >= 0.3 is 0 Å². The first-order valence-corrected chi connectivity index (χ1v) is 10.3. The summed E-state index contributed by atoms with van der Waals surface area (Å²) in [4.78, 5) is 7.18. The summed E-state index contributed by atoms with van der Waals surface area (Å²) < 4.78 is 21.9. The molecule has 0 atom stereocenters. The van der Waals surface area contributed by atoms with E-state index in [1.54, 1.807) is 7.11 Å². The second-order valence-electron chi connectivity index (χ2n) is 7.08. The maximum absolute atomic E-state index is 5.96. The van der Waals surface area contributed by atoms with E-state index in [2.05, 4.69) is 29.3 Å². The molecule has 1 fully saturated rings. The quantitative estimate of drug-likeness (QED) is 0.234. The van der Waals surface area contributed by atoms with E-state index in [0.29, 0.717) is 12.9 Å². The number of halogens is 1. The highest BCUT2D eigenvalue weighted by molar-refractivity contribution is 14.0. The Morgan fingerprint density at radius 3 is 2.76 bits per heavy atom. The van der Waals surface area contributed by atoms with Crippen LogP contribution in [0.15, 0.2) is 23.2 Å². The van der Waals surface area contributed by atoms with Crippen molar-refractivity contribution in [3.05, 3.63) is 23.8 Å². The fraction of sp³-hybridized carbons (Fsp3) is 0.667. The lowest BCUT2D eigenvalue weighted by Gasteiger charge is -2.34. The van der Waals surface area contributed by atoms with Gasteiger partial charge in [0.05, 0.1) is 6.10 Å². The summed E-state index contributed by atoms with van der Waals surface area (Å²) in [6.07, 6.45) is 4.27. The van der Waals surface area contributed by atoms with E-state index < -0.39 is 0 Å². The van der Waals surface area contributed by atoms with E-state index in [1.807, 2.05) is 6.07 Å². The molecular weight excluding hydrogens is 485 g/mol. The van der Waals surface area contributed by atoms with Crippen molar-refractivity contribution in [1.82, 2.24) is 10.2 Å². The minimum absolute atomic E-state index is 0. The fourth-order valence-corrected chi connectivity index (χ4v) is 3.50. The molecule has 1 N–H and O–H groups in total. The van der Waals surface area contributed by atoms with Gasteiger partial charge in [0.15, 0.2) is 17.5 Å². The molecule has 1 saturated heterocycles. The Labute approximate surface area is 191 Å². The number of methoxy groups -OCH3 is 1. The molecule has 29 heavy (non-hydrogen) atoms. The highest BCUT2D eigenvalue weighted by Crippen LogP contribution is 2.32. The third-order valence-electron chi connectivity index (χ3n) is 5.02. The van der Waals surface area contributed by atoms with Crippen LogP contribution in [-0.2, 0) is 15.9 Å². The van der Waals surface area contributed by atoms with E-state index in [9.17, 15) is 0 Å². The van der Waals surface area contributed by atoms with Crippen molar-refractivity contribution in [3.8, 4) is 11.5 Å². The number of aliphatic imine (C=N–C) groups is 1. The summed E-state index contributed by atoms with van der Waals surface area (Å²) in [7, 11) is 1.73. The summed E-state index contributed by atoms with van der Waals surface area (Å²) in [5.74, 6) is 2.66. The van der Waals surface area contributed by atoms with Crippen molar-refractivity contribution in [3.63, 3.8) is 0 Å². The van der Waals surface area contributed by atoms with Gasteiger partial charge in [-0.15, -0.1) is 24.0 Å². The first kappa shape index (κ1) is 24.0. The normalized spacial score (nSPS) is 16.6. The monoisotopic (exact) mass is 519 g/mol. The number of hydrogen-bond acceptors (Lipinski definition) is 5. The average Bonchev–Trinajstić information content (AvgIpc) is 3.19. The molecule has 0 aliphatic carbocycles. The average molecular weight is 519 g/mol. The van der Waals surface area contributed by atoms with Gasteiger partial charge in [0.25, 0.3) is 0 Å². The lowest BCUT2D eigenvalue weighted by Crippen LogP contribution is -2.47. The molecule has 1 aromatic rings. The van der Waals surface area contributed by atoms with Gasteiger partial charge in [0.1, 0.15) is 0 Å². The zero-order valence-corrected chi connectivity index (χ0v) is 19.9. The van der Waals surface area contributed by atoms with Crippen LogP contribution in [0.2, 0.25) is 0 Å². The smallest absolute Gasteiger partial charge is 0.231 e. The molecule has 8 heteroatoms. The standard InChI is InChI=1S/C21H33N3O4.HI/c1-3-22-21(24-11-8-18(9-12-24)26-14-4-13-25-2)23-10-7-17-5-6-19-20(15-17)28-16-27-19;/h5-6,15,18H,3-4,7-14,16H2,1-2H3,(H,22,23);1H. The number of fused-ring (bicyclic) bond motifs is 1. The highest BCUT2D eigenvalue weighted by Gasteiger charge is 2.21. The molecule has 2 aliphatic rings. The van der Waals surface area contributed by atoms with Gasteiger partial charge < -0.3 is 29.2 Å². The van der Waals surface area contributed by atoms with Crippen LogP contribution in [0.1, 0.15) is 31.7 Å². The zero-order chi connectivity index (χ0) is 19.6. The number of rotatable bonds is 9. The Hall–Kier alpha value is -1.26. The third-order valence-corrected chi connectivity index (χ3v) is 5.02. The maximum Gasteiger partial charge on any atom is 0.231 e. The van der Waals surface area contributed by atoms with Crippen LogP contribution in [0.25, 0.3) is 0 Å². The van der Waals surface area contributed by atoms with Gasteiger partial charge in [0, 0.05) is 46.5 Å². The van der Waals surface area contributed by atoms with Gasteiger partial charge in [0.2, 0.25) is 6.79 Å². The minimum Gasteiger partial charge on any atom is -0.454 e. The lowest BCUT2D eigenvalue weighted by atomic mass is 10.1. The molecule has 0 aromatic heterocycles. The minimum atomic E-state index is 0. The predicted molar refractivity (Wildman–Crippen MR) is 125 cm³/mol. The summed E-state index contributed by atoms with van der Waals surface area (Å²) in [5.41, 5.74) is 1.21. The first-order chi connectivity index (χ1) is 13.8. The third kappa shape index (κ3) is 7.49. The number of likely N-dealkylation sites (tertiary alicyclic amines) is 1. The van der Waals surface area contributed by atoms with Gasteiger partial charge in [-0.05, 0) is 50.3 Å². The summed E-state index contributed by atoms with van der Waals surface area (Å²) in [5, 5.41) is 3.43. The van der Waals surface area contributed by atoms with Crippen LogP contribution in [0.5, 0.6) is 11.5 Å². The van der Waals surface area contributed by atoms with Crippen molar-refractivity contribution in [1.29, 1.82) is 0 Å². The van der Waals surface area contributed by atoms with Crippen LogP contribution < -0.4 is 14.8 Å². The van der Waals surface area contributed by atoms with Crippen LogP contribution in [0, 0.1) is 0 Å². The molecule has 7 nitrogen and oxygen atoms in total. The lowest BCUT2D eigenvalue weighted by molar-refractivity contribution is 0.00991. The second-order valence-corrected chi connectivity index (χ2v) is 7.08. The molecule has 0 spiro atoms. The Morgan fingerprint density at radius 2 is 2.00 bits per heavy atom. The molecule has 0 saturated carbocycles. The molecule has 0 amide bonds. The summed E-state index contributed by atoms with van der Waals surface area (Å²) in [6.45, 7) is 7.54. The van der Waals surface area contributed by atoms with E-state index in [-0.39, 0.29) is 24.0 Å². The maximum atomic E-state index is 5.96. The van der Waals surface area contributed by atoms with Gasteiger partial charge in [-0.2, -0.15) is 0 Å². The van der Waals surface area contributed by atoms with Crippen LogP contribution >= 0.6 is 24.0 Å².